The molecule has 0 spiro atoms. The van der Waals surface area contributed by atoms with E-state index in [0.717, 1.165) is 12.1 Å². The lowest BCUT2D eigenvalue weighted by atomic mass is 9.77. The van der Waals surface area contributed by atoms with Crippen molar-refractivity contribution in [1.29, 1.82) is 0 Å². The van der Waals surface area contributed by atoms with E-state index in [-0.39, 0.29) is 51.5 Å². The first-order chi connectivity index (χ1) is 19.9. The van der Waals surface area contributed by atoms with E-state index in [9.17, 15) is 51.1 Å². The van der Waals surface area contributed by atoms with Crippen molar-refractivity contribution in [2.24, 2.45) is 0 Å². The molecule has 42 heavy (non-hydrogen) atoms. The molecule has 6 rings (SSSR count). The Morgan fingerprint density at radius 3 is 1.76 bits per heavy atom. The summed E-state index contributed by atoms with van der Waals surface area (Å²) < 4.78 is 12.1. The highest BCUT2D eigenvalue weighted by Crippen LogP contribution is 2.57. The van der Waals surface area contributed by atoms with Crippen LogP contribution in [-0.4, -0.2) is 63.3 Å². The van der Waals surface area contributed by atoms with Crippen LogP contribution in [0.1, 0.15) is 45.9 Å². The standard InChI is InChI=1S/C30H26O12/c31-13-7-20(37)24-23(8-13)41-29(12-2-4-16(33)19(36)6-12)27(40)26(24)25-21(38)10-17(34)14-9-22(39)28(42-30(14)25)11-1-3-15(32)18(35)5-11/h1-8,10,22,26-29,31-40H,9H2/t22-,26-,27-,28-,29+/m1/s1. The van der Waals surface area contributed by atoms with Gasteiger partial charge in [0, 0.05) is 41.3 Å². The number of ether oxygens (including phenoxy) is 2. The Hall–Kier alpha value is -5.20. The molecule has 0 saturated heterocycles. The van der Waals surface area contributed by atoms with Gasteiger partial charge in [0.05, 0.1) is 12.0 Å². The van der Waals surface area contributed by atoms with Gasteiger partial charge in [0.25, 0.3) is 0 Å². The SMILES string of the molecule is Oc1cc(O)c2c(c1)O[C@@H](c1ccc(O)c(O)c1)[C@H](O)[C@H]2c1c(O)cc(O)c2c1O[C@H](c1ccc(O)c(O)c1)[C@H](O)C2. The minimum Gasteiger partial charge on any atom is -0.508 e. The molecule has 10 N–H and O–H groups in total. The number of hydrogen-bond donors (Lipinski definition) is 10. The van der Waals surface area contributed by atoms with Crippen molar-refractivity contribution in [1.82, 2.24) is 0 Å². The fourth-order valence-corrected chi connectivity index (χ4v) is 5.71. The van der Waals surface area contributed by atoms with E-state index in [1.165, 1.54) is 42.5 Å². The number of phenolic OH excluding ortho intramolecular Hbond substituents is 8. The normalized spacial score (nSPS) is 22.9. The maximum absolute atomic E-state index is 11.8. The van der Waals surface area contributed by atoms with E-state index in [0.29, 0.717) is 0 Å². The summed E-state index contributed by atoms with van der Waals surface area (Å²) in [5, 5.41) is 105. The van der Waals surface area contributed by atoms with Gasteiger partial charge in [-0.05, 0) is 35.4 Å². The summed E-state index contributed by atoms with van der Waals surface area (Å²) in [4.78, 5) is 0. The van der Waals surface area contributed by atoms with Crippen LogP contribution in [-0.2, 0) is 6.42 Å². The van der Waals surface area contributed by atoms with Crippen LogP contribution in [0.5, 0.6) is 57.5 Å². The largest absolute Gasteiger partial charge is 0.508 e. The molecule has 218 valence electrons. The van der Waals surface area contributed by atoms with Gasteiger partial charge in [-0.25, -0.2) is 0 Å². The first kappa shape index (κ1) is 27.0. The van der Waals surface area contributed by atoms with Crippen molar-refractivity contribution < 1.29 is 60.5 Å². The fourth-order valence-electron chi connectivity index (χ4n) is 5.71. The van der Waals surface area contributed by atoms with Gasteiger partial charge < -0.3 is 60.5 Å². The summed E-state index contributed by atoms with van der Waals surface area (Å²) in [7, 11) is 0. The van der Waals surface area contributed by atoms with Gasteiger partial charge >= 0.3 is 0 Å². The minimum absolute atomic E-state index is 0.0312. The summed E-state index contributed by atoms with van der Waals surface area (Å²) in [5.41, 5.74) is 0.435. The highest BCUT2D eigenvalue weighted by molar-refractivity contribution is 5.65. The quantitative estimate of drug-likeness (QED) is 0.159. The molecule has 0 fully saturated rings. The molecule has 0 aliphatic carbocycles. The van der Waals surface area contributed by atoms with Crippen LogP contribution >= 0.6 is 0 Å². The average Bonchev–Trinajstić information content (AvgIpc) is 2.93. The Kier molecular flexibility index (Phi) is 6.24. The van der Waals surface area contributed by atoms with Gasteiger partial charge in [0.1, 0.15) is 46.7 Å². The fraction of sp³-hybridized carbons (Fsp3) is 0.200. The molecule has 0 saturated carbocycles. The molecule has 12 nitrogen and oxygen atoms in total. The van der Waals surface area contributed by atoms with Crippen molar-refractivity contribution in [3.8, 4) is 57.5 Å². The topological polar surface area (TPSA) is 221 Å². The lowest BCUT2D eigenvalue weighted by Gasteiger charge is -2.40. The number of fused-ring (bicyclic) bond motifs is 2. The molecule has 2 aliphatic heterocycles. The zero-order valence-corrected chi connectivity index (χ0v) is 21.6. The minimum atomic E-state index is -1.59. The van der Waals surface area contributed by atoms with E-state index in [2.05, 4.69) is 0 Å². The molecule has 0 aromatic heterocycles. The zero-order chi connectivity index (χ0) is 30.0. The predicted molar refractivity (Wildman–Crippen MR) is 143 cm³/mol. The predicted octanol–water partition coefficient (Wildman–Crippen LogP) is 3.00. The summed E-state index contributed by atoms with van der Waals surface area (Å²) in [5.74, 6) is -5.08. The molecule has 12 heteroatoms. The highest BCUT2D eigenvalue weighted by Gasteiger charge is 2.46. The molecule has 2 aliphatic rings. The van der Waals surface area contributed by atoms with Crippen molar-refractivity contribution in [2.45, 2.75) is 36.8 Å². The second-order valence-electron chi connectivity index (χ2n) is 10.3. The highest BCUT2D eigenvalue weighted by atomic mass is 16.5. The van der Waals surface area contributed by atoms with Gasteiger partial charge in [-0.15, -0.1) is 0 Å². The number of rotatable bonds is 3. The van der Waals surface area contributed by atoms with E-state index in [1.807, 2.05) is 0 Å². The summed E-state index contributed by atoms with van der Waals surface area (Å²) in [6, 6.07) is 10.8. The molecule has 2 heterocycles. The van der Waals surface area contributed by atoms with Crippen LogP contribution in [0.15, 0.2) is 54.6 Å². The number of phenols is 8. The number of hydrogen-bond acceptors (Lipinski definition) is 12. The smallest absolute Gasteiger partial charge is 0.157 e. The number of aliphatic hydroxyl groups is 2. The molecule has 0 amide bonds. The van der Waals surface area contributed by atoms with E-state index in [1.54, 1.807) is 0 Å². The molecule has 0 bridgehead atoms. The number of aromatic hydroxyl groups is 8. The van der Waals surface area contributed by atoms with Crippen LogP contribution < -0.4 is 9.47 Å². The molecule has 4 aromatic carbocycles. The van der Waals surface area contributed by atoms with Crippen molar-refractivity contribution >= 4 is 0 Å². The van der Waals surface area contributed by atoms with Crippen LogP contribution in [0.4, 0.5) is 0 Å². The summed E-state index contributed by atoms with van der Waals surface area (Å²) in [6.07, 6.45) is -5.43. The van der Waals surface area contributed by atoms with Gasteiger partial charge in [-0.3, -0.25) is 0 Å². The monoisotopic (exact) mass is 578 g/mol. The second kappa shape index (κ2) is 9.72. The Morgan fingerprint density at radius 1 is 0.548 bits per heavy atom. The number of aliphatic hydroxyl groups excluding tert-OH is 2. The maximum atomic E-state index is 11.8. The van der Waals surface area contributed by atoms with Crippen LogP contribution in [0.2, 0.25) is 0 Å². The third kappa shape index (κ3) is 4.24. The number of benzene rings is 4. The third-order valence-corrected chi connectivity index (χ3v) is 7.67. The van der Waals surface area contributed by atoms with E-state index >= 15 is 0 Å². The Labute approximate surface area is 237 Å². The molecular weight excluding hydrogens is 552 g/mol. The first-order valence-electron chi connectivity index (χ1n) is 12.8. The van der Waals surface area contributed by atoms with Gasteiger partial charge in [-0.1, -0.05) is 12.1 Å². The lowest BCUT2D eigenvalue weighted by Crippen LogP contribution is -2.36. The zero-order valence-electron chi connectivity index (χ0n) is 21.6. The van der Waals surface area contributed by atoms with E-state index < -0.39 is 70.6 Å². The molecule has 0 unspecified atom stereocenters. The molecule has 5 atom stereocenters. The van der Waals surface area contributed by atoms with Gasteiger partial charge in [0.15, 0.2) is 29.1 Å². The van der Waals surface area contributed by atoms with Crippen molar-refractivity contribution in [2.75, 3.05) is 0 Å². The molecule has 0 radical (unpaired) electrons. The summed E-state index contributed by atoms with van der Waals surface area (Å²) >= 11 is 0. The van der Waals surface area contributed by atoms with Crippen LogP contribution in [0, 0.1) is 0 Å². The first-order valence-corrected chi connectivity index (χ1v) is 12.8. The van der Waals surface area contributed by atoms with Crippen molar-refractivity contribution in [3.05, 3.63) is 82.4 Å². The second-order valence-corrected chi connectivity index (χ2v) is 10.3. The lowest BCUT2D eigenvalue weighted by molar-refractivity contribution is 0.00115. The van der Waals surface area contributed by atoms with Crippen LogP contribution in [0.3, 0.4) is 0 Å². The molecular formula is C30H26O12. The Bertz CT molecular complexity index is 1720. The van der Waals surface area contributed by atoms with E-state index in [4.69, 9.17) is 9.47 Å². The van der Waals surface area contributed by atoms with Crippen LogP contribution in [0.25, 0.3) is 0 Å². The van der Waals surface area contributed by atoms with Crippen molar-refractivity contribution in [3.63, 3.8) is 0 Å². The average molecular weight is 579 g/mol. The van der Waals surface area contributed by atoms with Gasteiger partial charge in [-0.2, -0.15) is 0 Å². The third-order valence-electron chi connectivity index (χ3n) is 7.67. The molecule has 4 aromatic rings. The maximum Gasteiger partial charge on any atom is 0.157 e. The van der Waals surface area contributed by atoms with Gasteiger partial charge in [0.2, 0.25) is 0 Å². The Balaban J connectivity index is 1.55. The Morgan fingerprint density at radius 2 is 1.14 bits per heavy atom. The summed E-state index contributed by atoms with van der Waals surface area (Å²) in [6.45, 7) is 0.